The fourth-order valence-corrected chi connectivity index (χ4v) is 3.84. The predicted molar refractivity (Wildman–Crippen MR) is 110 cm³/mol. The molecule has 1 aromatic carbocycles. The molecule has 0 radical (unpaired) electrons. The Labute approximate surface area is 171 Å². The van der Waals surface area contributed by atoms with Gasteiger partial charge in [-0.25, -0.2) is 4.79 Å². The molecule has 1 aliphatic heterocycles. The van der Waals surface area contributed by atoms with Crippen LogP contribution < -0.4 is 5.32 Å². The number of rotatable bonds is 8. The second-order valence-electron chi connectivity index (χ2n) is 7.77. The molecule has 0 saturated carbocycles. The summed E-state index contributed by atoms with van der Waals surface area (Å²) in [5.41, 5.74) is 2.03. The number of nitrogens with one attached hydrogen (secondary N) is 1. The van der Waals surface area contributed by atoms with Crippen LogP contribution in [0.15, 0.2) is 42.5 Å². The highest BCUT2D eigenvalue weighted by atomic mass is 16.5. The second-order valence-corrected chi connectivity index (χ2v) is 7.77. The molecule has 3 rings (SSSR count). The van der Waals surface area contributed by atoms with Crippen LogP contribution in [-0.4, -0.2) is 34.9 Å². The number of ketones is 1. The van der Waals surface area contributed by atoms with E-state index in [1.165, 1.54) is 0 Å². The van der Waals surface area contributed by atoms with E-state index >= 15 is 0 Å². The number of carbonyl (C=O) groups excluding carboxylic acids is 3. The number of nitrogens with zero attached hydrogens (tertiary/aromatic N) is 1. The lowest BCUT2D eigenvalue weighted by molar-refractivity contribution is -0.148. The zero-order chi connectivity index (χ0) is 21.0. The van der Waals surface area contributed by atoms with E-state index < -0.39 is 12.0 Å². The van der Waals surface area contributed by atoms with Crippen LogP contribution in [-0.2, 0) is 20.9 Å². The van der Waals surface area contributed by atoms with Crippen LogP contribution in [0, 0.1) is 5.92 Å². The standard InChI is InChI=1S/C23H28N2O4/c1-4-29-23(28)18(14-15(2)3)24-22(27)17-12-13-25-19(17)10-11-20(25)21(26)16-8-6-5-7-9-16/h5-11,15,17-18H,4,12-14H2,1-3H3,(H,24,27)/t17?,18-/m0/s1. The first-order chi connectivity index (χ1) is 13.9. The molecule has 154 valence electrons. The summed E-state index contributed by atoms with van der Waals surface area (Å²) in [6, 6.07) is 12.1. The van der Waals surface area contributed by atoms with E-state index in [4.69, 9.17) is 4.74 Å². The van der Waals surface area contributed by atoms with Gasteiger partial charge in [-0.05, 0) is 37.8 Å². The number of ether oxygens (including phenoxy) is 1. The minimum Gasteiger partial charge on any atom is -0.464 e. The van der Waals surface area contributed by atoms with Crippen molar-refractivity contribution in [2.45, 2.75) is 52.1 Å². The van der Waals surface area contributed by atoms with Crippen LogP contribution in [0.25, 0.3) is 0 Å². The highest BCUT2D eigenvalue weighted by Crippen LogP contribution is 2.31. The van der Waals surface area contributed by atoms with E-state index in [2.05, 4.69) is 5.32 Å². The normalized spacial score (nSPS) is 16.3. The summed E-state index contributed by atoms with van der Waals surface area (Å²) in [4.78, 5) is 38.0. The van der Waals surface area contributed by atoms with Crippen molar-refractivity contribution in [3.8, 4) is 0 Å². The van der Waals surface area contributed by atoms with Gasteiger partial charge in [0, 0.05) is 17.8 Å². The zero-order valence-corrected chi connectivity index (χ0v) is 17.2. The third-order valence-corrected chi connectivity index (χ3v) is 5.19. The molecule has 6 nitrogen and oxygen atoms in total. The number of hydrogen-bond acceptors (Lipinski definition) is 4. The zero-order valence-electron chi connectivity index (χ0n) is 17.2. The number of aromatic nitrogens is 1. The van der Waals surface area contributed by atoms with Crippen molar-refractivity contribution in [3.63, 3.8) is 0 Å². The van der Waals surface area contributed by atoms with Gasteiger partial charge in [0.2, 0.25) is 11.7 Å². The molecule has 0 fully saturated rings. The molecule has 0 spiro atoms. The predicted octanol–water partition coefficient (Wildman–Crippen LogP) is 3.30. The smallest absolute Gasteiger partial charge is 0.328 e. The number of benzene rings is 1. The molecule has 1 aromatic heterocycles. The number of hydrogen-bond donors (Lipinski definition) is 1. The van der Waals surface area contributed by atoms with E-state index in [1.54, 1.807) is 25.1 Å². The van der Waals surface area contributed by atoms with Crippen LogP contribution in [0.2, 0.25) is 0 Å². The molecule has 2 heterocycles. The lowest BCUT2D eigenvalue weighted by Crippen LogP contribution is -2.44. The van der Waals surface area contributed by atoms with E-state index in [-0.39, 0.29) is 30.1 Å². The van der Waals surface area contributed by atoms with E-state index in [0.717, 1.165) is 5.69 Å². The van der Waals surface area contributed by atoms with Gasteiger partial charge in [-0.15, -0.1) is 0 Å². The molecule has 6 heteroatoms. The summed E-state index contributed by atoms with van der Waals surface area (Å²) >= 11 is 0. The maximum Gasteiger partial charge on any atom is 0.328 e. The van der Waals surface area contributed by atoms with Crippen molar-refractivity contribution in [1.29, 1.82) is 0 Å². The lowest BCUT2D eigenvalue weighted by Gasteiger charge is -2.21. The maximum absolute atomic E-state index is 12.9. The van der Waals surface area contributed by atoms with Gasteiger partial charge in [-0.2, -0.15) is 0 Å². The molecule has 29 heavy (non-hydrogen) atoms. The van der Waals surface area contributed by atoms with Crippen LogP contribution in [0.1, 0.15) is 61.3 Å². The van der Waals surface area contributed by atoms with E-state index in [1.807, 2.05) is 42.7 Å². The highest BCUT2D eigenvalue weighted by Gasteiger charge is 2.34. The molecule has 2 atom stereocenters. The van der Waals surface area contributed by atoms with Gasteiger partial charge in [-0.3, -0.25) is 9.59 Å². The number of esters is 1. The molecule has 1 amide bonds. The van der Waals surface area contributed by atoms with Crippen molar-refractivity contribution in [2.75, 3.05) is 6.61 Å². The quantitative estimate of drug-likeness (QED) is 0.549. The van der Waals surface area contributed by atoms with Gasteiger partial charge < -0.3 is 14.6 Å². The van der Waals surface area contributed by atoms with Crippen LogP contribution in [0.5, 0.6) is 0 Å². The Morgan fingerprint density at radius 2 is 1.86 bits per heavy atom. The first kappa shape index (κ1) is 20.8. The summed E-state index contributed by atoms with van der Waals surface area (Å²) < 4.78 is 7.04. The molecule has 1 aliphatic rings. The maximum atomic E-state index is 12.9. The second kappa shape index (κ2) is 9.07. The monoisotopic (exact) mass is 396 g/mol. The Balaban J connectivity index is 1.76. The van der Waals surface area contributed by atoms with Gasteiger partial charge in [0.15, 0.2) is 0 Å². The SMILES string of the molecule is CCOC(=O)[C@H](CC(C)C)NC(=O)C1CCn2c(C(=O)c3ccccc3)ccc21. The summed E-state index contributed by atoms with van der Waals surface area (Å²) in [6.07, 6.45) is 1.13. The molecule has 1 N–H and O–H groups in total. The van der Waals surface area contributed by atoms with E-state index in [9.17, 15) is 14.4 Å². The minimum absolute atomic E-state index is 0.0536. The average Bonchev–Trinajstić information content (AvgIpc) is 3.29. The molecule has 0 aliphatic carbocycles. The first-order valence-electron chi connectivity index (χ1n) is 10.2. The summed E-state index contributed by atoms with van der Waals surface area (Å²) in [5, 5.41) is 2.87. The highest BCUT2D eigenvalue weighted by molar-refractivity contribution is 6.08. The molecule has 0 bridgehead atoms. The van der Waals surface area contributed by atoms with Gasteiger partial charge >= 0.3 is 5.97 Å². The lowest BCUT2D eigenvalue weighted by atomic mass is 10.00. The third-order valence-electron chi connectivity index (χ3n) is 5.19. The summed E-state index contributed by atoms with van der Waals surface area (Å²) in [5.74, 6) is -0.784. The van der Waals surface area contributed by atoms with Gasteiger partial charge in [0.05, 0.1) is 18.2 Å². The van der Waals surface area contributed by atoms with Gasteiger partial charge in [0.1, 0.15) is 6.04 Å². The first-order valence-corrected chi connectivity index (χ1v) is 10.2. The molecular weight excluding hydrogens is 368 g/mol. The Morgan fingerprint density at radius 3 is 2.52 bits per heavy atom. The van der Waals surface area contributed by atoms with E-state index in [0.29, 0.717) is 30.6 Å². The fourth-order valence-electron chi connectivity index (χ4n) is 3.84. The summed E-state index contributed by atoms with van der Waals surface area (Å²) in [7, 11) is 0. The van der Waals surface area contributed by atoms with Crippen LogP contribution in [0.4, 0.5) is 0 Å². The number of carbonyl (C=O) groups is 3. The largest absolute Gasteiger partial charge is 0.464 e. The number of fused-ring (bicyclic) bond motifs is 1. The Hall–Kier alpha value is -2.89. The Morgan fingerprint density at radius 1 is 1.14 bits per heavy atom. The van der Waals surface area contributed by atoms with Crippen molar-refractivity contribution in [1.82, 2.24) is 9.88 Å². The van der Waals surface area contributed by atoms with Crippen LogP contribution in [0.3, 0.4) is 0 Å². The topological polar surface area (TPSA) is 77.4 Å². The number of amides is 1. The van der Waals surface area contributed by atoms with Crippen molar-refractivity contribution in [3.05, 3.63) is 59.4 Å². The Bertz CT molecular complexity index is 886. The van der Waals surface area contributed by atoms with Crippen molar-refractivity contribution >= 4 is 17.7 Å². The minimum atomic E-state index is -0.656. The van der Waals surface area contributed by atoms with Crippen molar-refractivity contribution in [2.24, 2.45) is 5.92 Å². The average molecular weight is 396 g/mol. The van der Waals surface area contributed by atoms with Gasteiger partial charge in [-0.1, -0.05) is 44.2 Å². The molecule has 2 aromatic rings. The molecule has 1 unspecified atom stereocenters. The third kappa shape index (κ3) is 4.58. The van der Waals surface area contributed by atoms with Gasteiger partial charge in [0.25, 0.3) is 0 Å². The fraction of sp³-hybridized carbons (Fsp3) is 0.435. The molecular formula is C23H28N2O4. The van der Waals surface area contributed by atoms with Crippen LogP contribution >= 0.6 is 0 Å². The molecule has 0 saturated heterocycles. The van der Waals surface area contributed by atoms with Crippen molar-refractivity contribution < 1.29 is 19.1 Å². The summed E-state index contributed by atoms with van der Waals surface area (Å²) in [6.45, 7) is 6.63. The Kier molecular flexibility index (Phi) is 6.52.